The van der Waals surface area contributed by atoms with Gasteiger partial charge in [-0.1, -0.05) is 18.2 Å². The molecule has 0 spiro atoms. The molecular weight excluding hydrogens is 381 g/mol. The van der Waals surface area contributed by atoms with E-state index >= 15 is 0 Å². The molecule has 6 nitrogen and oxygen atoms in total. The van der Waals surface area contributed by atoms with E-state index in [1.807, 2.05) is 18.2 Å². The normalized spacial score (nSPS) is 15.6. The van der Waals surface area contributed by atoms with Gasteiger partial charge in [-0.25, -0.2) is 17.5 Å². The molecule has 0 aromatic heterocycles. The van der Waals surface area contributed by atoms with Crippen LogP contribution < -0.4 is 14.4 Å². The number of hydrogen-bond donors (Lipinski definition) is 1. The largest absolute Gasteiger partial charge is 0.494 e. The topological polar surface area (TPSA) is 61.9 Å². The summed E-state index contributed by atoms with van der Waals surface area (Å²) in [5.41, 5.74) is 1.24. The Balaban J connectivity index is 1.41. The number of nitrogens with zero attached hydrogens (tertiary/aromatic N) is 2. The molecule has 1 saturated heterocycles. The molecule has 2 aromatic carbocycles. The summed E-state index contributed by atoms with van der Waals surface area (Å²) in [6.07, 6.45) is 0.698. The van der Waals surface area contributed by atoms with E-state index in [0.29, 0.717) is 13.0 Å². The van der Waals surface area contributed by atoms with Gasteiger partial charge < -0.3 is 9.64 Å². The number of hydrogen-bond acceptors (Lipinski definition) is 5. The van der Waals surface area contributed by atoms with Crippen molar-refractivity contribution in [3.05, 3.63) is 54.3 Å². The number of benzene rings is 2. The molecule has 1 fully saturated rings. The maximum Gasteiger partial charge on any atom is 0.240 e. The molecule has 0 bridgehead atoms. The Bertz CT molecular complexity index is 870. The standard InChI is InChI=1S/C20H26FN3O3S/c1-27-20-9-8-18(16-19(20)21)28(25,26)22-10-5-11-23-12-14-24(15-13-23)17-6-3-2-4-7-17/h2-4,6-9,16,22H,5,10-15H2,1H3. The number of methoxy groups -OCH3 is 1. The molecule has 1 aliphatic heterocycles. The first-order valence-electron chi connectivity index (χ1n) is 9.35. The van der Waals surface area contributed by atoms with Crippen LogP contribution in [0, 0.1) is 5.82 Å². The van der Waals surface area contributed by atoms with Gasteiger partial charge in [0.25, 0.3) is 0 Å². The second kappa shape index (κ2) is 9.36. The molecule has 1 heterocycles. The van der Waals surface area contributed by atoms with Crippen LogP contribution >= 0.6 is 0 Å². The molecule has 1 N–H and O–H groups in total. The van der Waals surface area contributed by atoms with Crippen LogP contribution in [-0.4, -0.2) is 59.7 Å². The highest BCUT2D eigenvalue weighted by atomic mass is 32.2. The Morgan fingerprint density at radius 3 is 2.43 bits per heavy atom. The van der Waals surface area contributed by atoms with Gasteiger partial charge in [-0.15, -0.1) is 0 Å². The Kier molecular flexibility index (Phi) is 6.88. The van der Waals surface area contributed by atoms with Gasteiger partial charge in [0.05, 0.1) is 12.0 Å². The zero-order chi connectivity index (χ0) is 20.0. The molecule has 28 heavy (non-hydrogen) atoms. The van der Waals surface area contributed by atoms with Crippen molar-refractivity contribution in [1.82, 2.24) is 9.62 Å². The summed E-state index contributed by atoms with van der Waals surface area (Å²) in [6, 6.07) is 14.0. The van der Waals surface area contributed by atoms with Gasteiger partial charge >= 0.3 is 0 Å². The fraction of sp³-hybridized carbons (Fsp3) is 0.400. The minimum absolute atomic E-state index is 0.0218. The quantitative estimate of drug-likeness (QED) is 0.681. The van der Waals surface area contributed by atoms with Crippen LogP contribution in [0.4, 0.5) is 10.1 Å². The SMILES string of the molecule is COc1ccc(S(=O)(=O)NCCCN2CCN(c3ccccc3)CC2)cc1F. The van der Waals surface area contributed by atoms with Crippen LogP contribution in [0.25, 0.3) is 0 Å². The molecule has 0 amide bonds. The maximum absolute atomic E-state index is 13.7. The summed E-state index contributed by atoms with van der Waals surface area (Å²) in [6.45, 7) is 4.95. The predicted octanol–water partition coefficient (Wildman–Crippen LogP) is 2.32. The van der Waals surface area contributed by atoms with E-state index in [4.69, 9.17) is 4.74 Å². The van der Waals surface area contributed by atoms with Crippen molar-refractivity contribution in [2.45, 2.75) is 11.3 Å². The molecule has 8 heteroatoms. The first kappa shape index (κ1) is 20.6. The second-order valence-electron chi connectivity index (χ2n) is 6.71. The van der Waals surface area contributed by atoms with Crippen molar-refractivity contribution < 1.29 is 17.5 Å². The van der Waals surface area contributed by atoms with Crippen LogP contribution in [0.1, 0.15) is 6.42 Å². The highest BCUT2D eigenvalue weighted by molar-refractivity contribution is 7.89. The van der Waals surface area contributed by atoms with Crippen molar-refractivity contribution in [3.63, 3.8) is 0 Å². The van der Waals surface area contributed by atoms with Gasteiger partial charge in [-0.05, 0) is 43.3 Å². The Hall–Kier alpha value is -2.16. The van der Waals surface area contributed by atoms with Crippen molar-refractivity contribution >= 4 is 15.7 Å². The molecule has 152 valence electrons. The van der Waals surface area contributed by atoms with Gasteiger partial charge in [0.1, 0.15) is 0 Å². The van der Waals surface area contributed by atoms with Gasteiger partial charge in [0, 0.05) is 38.4 Å². The Labute approximate surface area is 166 Å². The Morgan fingerprint density at radius 1 is 1.07 bits per heavy atom. The number of halogens is 1. The average Bonchev–Trinajstić information content (AvgIpc) is 2.72. The lowest BCUT2D eigenvalue weighted by atomic mass is 10.2. The number of anilines is 1. The van der Waals surface area contributed by atoms with E-state index < -0.39 is 15.8 Å². The predicted molar refractivity (Wildman–Crippen MR) is 108 cm³/mol. The highest BCUT2D eigenvalue weighted by Crippen LogP contribution is 2.20. The van der Waals surface area contributed by atoms with Crippen molar-refractivity contribution in [2.24, 2.45) is 0 Å². The minimum atomic E-state index is -3.73. The van der Waals surface area contributed by atoms with Gasteiger partial charge in [-0.3, -0.25) is 4.90 Å². The third-order valence-corrected chi connectivity index (χ3v) is 6.33. The van der Waals surface area contributed by atoms with Crippen molar-refractivity contribution in [1.29, 1.82) is 0 Å². The molecule has 0 atom stereocenters. The van der Waals surface area contributed by atoms with Crippen molar-refractivity contribution in [2.75, 3.05) is 51.3 Å². The second-order valence-corrected chi connectivity index (χ2v) is 8.48. The summed E-state index contributed by atoms with van der Waals surface area (Å²) >= 11 is 0. The van der Waals surface area contributed by atoms with Crippen LogP contribution in [0.3, 0.4) is 0 Å². The lowest BCUT2D eigenvalue weighted by molar-refractivity contribution is 0.255. The zero-order valence-electron chi connectivity index (χ0n) is 16.0. The minimum Gasteiger partial charge on any atom is -0.494 e. The number of rotatable bonds is 8. The van der Waals surface area contributed by atoms with E-state index in [9.17, 15) is 12.8 Å². The van der Waals surface area contributed by atoms with E-state index in [-0.39, 0.29) is 10.6 Å². The van der Waals surface area contributed by atoms with Gasteiger partial charge in [0.15, 0.2) is 11.6 Å². The summed E-state index contributed by atoms with van der Waals surface area (Å²) in [5.74, 6) is -0.671. The average molecular weight is 408 g/mol. The fourth-order valence-electron chi connectivity index (χ4n) is 3.28. The maximum atomic E-state index is 13.7. The number of sulfonamides is 1. The number of ether oxygens (including phenoxy) is 1. The lowest BCUT2D eigenvalue weighted by Crippen LogP contribution is -2.47. The van der Waals surface area contributed by atoms with Crippen LogP contribution in [0.2, 0.25) is 0 Å². The van der Waals surface area contributed by atoms with Gasteiger partial charge in [0.2, 0.25) is 10.0 Å². The summed E-state index contributed by atoms with van der Waals surface area (Å²) < 4.78 is 45.7. The summed E-state index contributed by atoms with van der Waals surface area (Å²) in [7, 11) is -2.39. The molecular formula is C20H26FN3O3S. The third-order valence-electron chi connectivity index (χ3n) is 4.87. The van der Waals surface area contributed by atoms with Crippen LogP contribution in [0.15, 0.2) is 53.4 Å². The van der Waals surface area contributed by atoms with E-state index in [2.05, 4.69) is 26.7 Å². The lowest BCUT2D eigenvalue weighted by Gasteiger charge is -2.36. The summed E-state index contributed by atoms with van der Waals surface area (Å²) in [4.78, 5) is 4.60. The highest BCUT2D eigenvalue weighted by Gasteiger charge is 2.18. The molecule has 3 rings (SSSR count). The first-order chi connectivity index (χ1) is 13.5. The first-order valence-corrected chi connectivity index (χ1v) is 10.8. The van der Waals surface area contributed by atoms with Crippen LogP contribution in [-0.2, 0) is 10.0 Å². The van der Waals surface area contributed by atoms with E-state index in [1.165, 1.54) is 24.9 Å². The molecule has 0 radical (unpaired) electrons. The molecule has 0 saturated carbocycles. The fourth-order valence-corrected chi connectivity index (χ4v) is 4.36. The third kappa shape index (κ3) is 5.21. The van der Waals surface area contributed by atoms with Crippen molar-refractivity contribution in [3.8, 4) is 5.75 Å². The zero-order valence-corrected chi connectivity index (χ0v) is 16.8. The van der Waals surface area contributed by atoms with Crippen LogP contribution in [0.5, 0.6) is 5.75 Å². The number of para-hydroxylation sites is 1. The van der Waals surface area contributed by atoms with Gasteiger partial charge in [-0.2, -0.15) is 0 Å². The molecule has 2 aromatic rings. The number of nitrogens with one attached hydrogen (secondary N) is 1. The molecule has 0 aliphatic carbocycles. The monoisotopic (exact) mass is 407 g/mol. The molecule has 1 aliphatic rings. The van der Waals surface area contributed by atoms with E-state index in [1.54, 1.807) is 0 Å². The summed E-state index contributed by atoms with van der Waals surface area (Å²) in [5, 5.41) is 0. The molecule has 0 unspecified atom stereocenters. The number of piperazine rings is 1. The van der Waals surface area contributed by atoms with E-state index in [0.717, 1.165) is 38.8 Å². The Morgan fingerprint density at radius 2 is 1.79 bits per heavy atom. The smallest absolute Gasteiger partial charge is 0.240 e.